The van der Waals surface area contributed by atoms with E-state index in [1.54, 1.807) is 0 Å². The summed E-state index contributed by atoms with van der Waals surface area (Å²) in [4.78, 5) is 72.5. The summed E-state index contributed by atoms with van der Waals surface area (Å²) in [6.45, 7) is 6.12. The monoisotopic (exact) mass is 533 g/mol. The lowest BCUT2D eigenvalue weighted by molar-refractivity contribution is -0.296. The molecule has 1 amide bonds. The van der Waals surface area contributed by atoms with E-state index >= 15 is 0 Å². The first kappa shape index (κ1) is 29.4. The van der Waals surface area contributed by atoms with Crippen molar-refractivity contribution >= 4 is 46.8 Å². The highest BCUT2D eigenvalue weighted by Gasteiger charge is 2.54. The highest BCUT2D eigenvalue weighted by Crippen LogP contribution is 2.31. The Kier molecular flexibility index (Phi) is 11.0. The largest absolute Gasteiger partial charge is 0.463 e. The lowest BCUT2D eigenvalue weighted by Crippen LogP contribution is -2.63. The summed E-state index contributed by atoms with van der Waals surface area (Å²) in [7, 11) is 0. The Balaban J connectivity index is 2.27. The number of esters is 4. The van der Waals surface area contributed by atoms with Crippen LogP contribution in [0.3, 0.4) is 0 Å². The molecular formula is C22H31NO12S. The number of likely N-dealkylation sites (tertiary alicyclic amines) is 1. The molecule has 2 rings (SSSR count). The molecule has 0 N–H and O–H groups in total. The number of thioether (sulfide) groups is 1. The Morgan fingerprint density at radius 2 is 1.28 bits per heavy atom. The third kappa shape index (κ3) is 8.97. The zero-order valence-corrected chi connectivity index (χ0v) is 21.6. The molecule has 0 aliphatic carbocycles. The van der Waals surface area contributed by atoms with Crippen molar-refractivity contribution in [1.29, 1.82) is 0 Å². The zero-order chi connectivity index (χ0) is 27.0. The van der Waals surface area contributed by atoms with Crippen LogP contribution < -0.4 is 0 Å². The topological polar surface area (TPSA) is 161 Å². The van der Waals surface area contributed by atoms with Crippen molar-refractivity contribution < 1.29 is 57.2 Å². The Hall–Kier alpha value is -2.87. The third-order valence-electron chi connectivity index (χ3n) is 5.20. The molecule has 0 aromatic carbocycles. The summed E-state index contributed by atoms with van der Waals surface area (Å²) < 4.78 is 32.1. The van der Waals surface area contributed by atoms with Crippen LogP contribution >= 0.6 is 11.8 Å². The molecule has 0 spiro atoms. The van der Waals surface area contributed by atoms with Crippen molar-refractivity contribution in [3.63, 3.8) is 0 Å². The summed E-state index contributed by atoms with van der Waals surface area (Å²) in [6, 6.07) is 0. The van der Waals surface area contributed by atoms with E-state index in [1.165, 1.54) is 23.6 Å². The number of carbonyl (C=O) groups excluding carboxylic acids is 6. The first-order valence-corrected chi connectivity index (χ1v) is 12.2. The lowest BCUT2D eigenvalue weighted by Gasteiger charge is -2.44. The van der Waals surface area contributed by atoms with Crippen molar-refractivity contribution in [3.8, 4) is 0 Å². The molecule has 2 aliphatic heterocycles. The highest BCUT2D eigenvalue weighted by molar-refractivity contribution is 8.14. The van der Waals surface area contributed by atoms with E-state index in [-0.39, 0.29) is 10.4 Å². The number of ether oxygens (including phenoxy) is 6. The normalized spacial score (nSPS) is 26.4. The summed E-state index contributed by atoms with van der Waals surface area (Å²) in [5, 5.41) is 0.0748. The van der Waals surface area contributed by atoms with Crippen LogP contribution in [-0.4, -0.2) is 95.6 Å². The van der Waals surface area contributed by atoms with Crippen LogP contribution in [0, 0.1) is 0 Å². The maximum Gasteiger partial charge on any atom is 0.412 e. The molecule has 14 heteroatoms. The van der Waals surface area contributed by atoms with Crippen LogP contribution in [0.15, 0.2) is 0 Å². The summed E-state index contributed by atoms with van der Waals surface area (Å²) in [6.07, 6.45) is -6.71. The number of hydrogen-bond acceptors (Lipinski definition) is 13. The van der Waals surface area contributed by atoms with Gasteiger partial charge < -0.3 is 33.3 Å². The van der Waals surface area contributed by atoms with Crippen molar-refractivity contribution in [1.82, 2.24) is 4.90 Å². The van der Waals surface area contributed by atoms with E-state index in [9.17, 15) is 28.8 Å². The minimum absolute atomic E-state index is 0.00600. The summed E-state index contributed by atoms with van der Waals surface area (Å²) in [5.41, 5.74) is 0. The van der Waals surface area contributed by atoms with E-state index < -0.39 is 67.3 Å². The van der Waals surface area contributed by atoms with Gasteiger partial charge in [0.05, 0.1) is 0 Å². The third-order valence-corrected chi connectivity index (χ3v) is 6.33. The zero-order valence-electron chi connectivity index (χ0n) is 20.8. The van der Waals surface area contributed by atoms with Crippen molar-refractivity contribution in [2.45, 2.75) is 83.4 Å². The van der Waals surface area contributed by atoms with Gasteiger partial charge in [0, 0.05) is 53.0 Å². The van der Waals surface area contributed by atoms with Gasteiger partial charge in [0.2, 0.25) is 12.4 Å². The van der Waals surface area contributed by atoms with E-state index in [0.29, 0.717) is 25.9 Å². The molecule has 2 fully saturated rings. The second-order valence-electron chi connectivity index (χ2n) is 8.25. The number of hydrogen-bond donors (Lipinski definition) is 0. The Labute approximate surface area is 212 Å². The predicted molar refractivity (Wildman–Crippen MR) is 121 cm³/mol. The fraction of sp³-hybridized carbons (Fsp3) is 0.727. The van der Waals surface area contributed by atoms with Crippen molar-refractivity contribution in [3.05, 3.63) is 0 Å². The molecule has 2 heterocycles. The molecule has 0 radical (unpaired) electrons. The fourth-order valence-corrected chi connectivity index (χ4v) is 4.76. The smallest absolute Gasteiger partial charge is 0.412 e. The van der Waals surface area contributed by atoms with Crippen LogP contribution in [0.25, 0.3) is 0 Å². The highest BCUT2D eigenvalue weighted by atomic mass is 32.2. The SMILES string of the molecule is CC(=O)OC[C@H]1O[C@@H](OC(=O)N2CCC(SC(C)=O)CC2)[C@H](OC(C)=O)[C@@H](OC(C)=O)[C@H]1OC(C)=O. The molecule has 2 saturated heterocycles. The summed E-state index contributed by atoms with van der Waals surface area (Å²) in [5.74, 6) is -3.02. The van der Waals surface area contributed by atoms with Crippen molar-refractivity contribution in [2.24, 2.45) is 0 Å². The molecule has 202 valence electrons. The standard InChI is InChI=1S/C22H31NO12S/c1-11(24)30-10-17-18(31-12(2)25)19(32-13(3)26)20(33-14(4)27)21(34-17)35-22(29)23-8-6-16(7-9-23)36-15(5)28/h16-21H,6-10H2,1-5H3/t17-,18+,19+,20-,21+/m1/s1. The van der Waals surface area contributed by atoms with Gasteiger partial charge in [-0.2, -0.15) is 0 Å². The average Bonchev–Trinajstić information content (AvgIpc) is 2.75. The fourth-order valence-electron chi connectivity index (χ4n) is 3.85. The van der Waals surface area contributed by atoms with Crippen LogP contribution in [0.4, 0.5) is 4.79 Å². The molecule has 0 aromatic rings. The maximum atomic E-state index is 12.9. The number of carbonyl (C=O) groups is 6. The van der Waals surface area contributed by atoms with E-state index in [0.717, 1.165) is 27.7 Å². The summed E-state index contributed by atoms with van der Waals surface area (Å²) >= 11 is 1.22. The predicted octanol–water partition coefficient (Wildman–Crippen LogP) is 0.950. The molecule has 0 saturated carbocycles. The second-order valence-corrected chi connectivity index (χ2v) is 9.72. The van der Waals surface area contributed by atoms with Gasteiger partial charge in [-0.1, -0.05) is 11.8 Å². The van der Waals surface area contributed by atoms with E-state index in [2.05, 4.69) is 0 Å². The first-order chi connectivity index (χ1) is 16.9. The average molecular weight is 534 g/mol. The van der Waals surface area contributed by atoms with Gasteiger partial charge in [0.25, 0.3) is 0 Å². The Morgan fingerprint density at radius 1 is 0.750 bits per heavy atom. The van der Waals surface area contributed by atoms with Gasteiger partial charge in [-0.3, -0.25) is 24.0 Å². The molecular weight excluding hydrogens is 502 g/mol. The van der Waals surface area contributed by atoms with Crippen molar-refractivity contribution in [2.75, 3.05) is 19.7 Å². The molecule has 0 bridgehead atoms. The molecule has 36 heavy (non-hydrogen) atoms. The minimum Gasteiger partial charge on any atom is -0.463 e. The lowest BCUT2D eigenvalue weighted by atomic mass is 9.98. The Morgan fingerprint density at radius 3 is 1.78 bits per heavy atom. The number of rotatable bonds is 7. The van der Waals surface area contributed by atoms with Gasteiger partial charge in [0.1, 0.15) is 12.7 Å². The number of nitrogens with zero attached hydrogens (tertiary/aromatic N) is 1. The second kappa shape index (κ2) is 13.4. The molecule has 0 aromatic heterocycles. The van der Waals surface area contributed by atoms with Gasteiger partial charge >= 0.3 is 30.0 Å². The van der Waals surface area contributed by atoms with Crippen LogP contribution in [0.5, 0.6) is 0 Å². The molecule has 13 nitrogen and oxygen atoms in total. The number of amides is 1. The molecule has 2 aliphatic rings. The first-order valence-electron chi connectivity index (χ1n) is 11.3. The number of piperidine rings is 1. The molecule has 0 unspecified atom stereocenters. The van der Waals surface area contributed by atoms with Gasteiger partial charge in [-0.25, -0.2) is 4.79 Å². The Bertz CT molecular complexity index is 856. The van der Waals surface area contributed by atoms with Crippen LogP contribution in [0.2, 0.25) is 0 Å². The van der Waals surface area contributed by atoms with Gasteiger partial charge in [-0.15, -0.1) is 0 Å². The quantitative estimate of drug-likeness (QED) is 0.336. The van der Waals surface area contributed by atoms with Crippen LogP contribution in [-0.2, 0) is 52.4 Å². The van der Waals surface area contributed by atoms with Gasteiger partial charge in [-0.05, 0) is 12.8 Å². The van der Waals surface area contributed by atoms with E-state index in [1.807, 2.05) is 0 Å². The maximum absolute atomic E-state index is 12.9. The minimum atomic E-state index is -1.58. The van der Waals surface area contributed by atoms with Gasteiger partial charge in [0.15, 0.2) is 17.3 Å². The van der Waals surface area contributed by atoms with Crippen LogP contribution in [0.1, 0.15) is 47.5 Å². The molecule has 5 atom stereocenters. The van der Waals surface area contributed by atoms with E-state index in [4.69, 9.17) is 28.4 Å².